The highest BCUT2D eigenvalue weighted by atomic mass is 16.5. The summed E-state index contributed by atoms with van der Waals surface area (Å²) >= 11 is 0. The number of hydrogen-bond donors (Lipinski definition) is 0. The lowest BCUT2D eigenvalue weighted by atomic mass is 10.0. The van der Waals surface area contributed by atoms with Crippen LogP contribution in [0.15, 0.2) is 34.9 Å². The molecule has 1 aromatic heterocycles. The summed E-state index contributed by atoms with van der Waals surface area (Å²) in [6, 6.07) is 10.2. The number of carbonyl (C=O) groups is 1. The lowest BCUT2D eigenvalue weighted by Gasteiger charge is -2.29. The Balaban J connectivity index is 1.94. The van der Waals surface area contributed by atoms with Crippen molar-refractivity contribution in [2.24, 2.45) is 11.8 Å². The van der Waals surface area contributed by atoms with Crippen LogP contribution in [0.1, 0.15) is 65.4 Å². The Morgan fingerprint density at radius 3 is 2.40 bits per heavy atom. The molecule has 1 aliphatic heterocycles. The summed E-state index contributed by atoms with van der Waals surface area (Å²) in [7, 11) is 0. The average molecular weight is 412 g/mol. The molecule has 0 radical (unpaired) electrons. The predicted molar refractivity (Wildman–Crippen MR) is 122 cm³/mol. The first-order valence-electron chi connectivity index (χ1n) is 11.5. The summed E-state index contributed by atoms with van der Waals surface area (Å²) in [6.07, 6.45) is 5.17. The molecule has 2 heterocycles. The molecule has 0 N–H and O–H groups in total. The second-order valence-electron chi connectivity index (χ2n) is 9.32. The first kappa shape index (κ1) is 22.4. The SMILES string of the molecule is CC(C)CCN(Cc1c(-c2ccccc2)noc1N1CCCCC1)C(=O)CC(C)C. The van der Waals surface area contributed by atoms with E-state index in [0.29, 0.717) is 24.8 Å². The van der Waals surface area contributed by atoms with Gasteiger partial charge in [-0.15, -0.1) is 0 Å². The standard InChI is InChI=1S/C25H37N3O2/c1-19(2)13-16-28(23(29)17-20(3)4)18-22-24(21-11-7-5-8-12-21)26-30-25(22)27-14-9-6-10-15-27/h5,7-8,11-12,19-20H,6,9-10,13-18H2,1-4H3. The third kappa shape index (κ3) is 5.87. The summed E-state index contributed by atoms with van der Waals surface area (Å²) in [6.45, 7) is 11.9. The van der Waals surface area contributed by atoms with E-state index >= 15 is 0 Å². The summed E-state index contributed by atoms with van der Waals surface area (Å²) in [5, 5.41) is 4.48. The Labute approximate surface area is 181 Å². The Kier molecular flexibility index (Phi) is 7.94. The number of nitrogens with zero attached hydrogens (tertiary/aromatic N) is 3. The maximum Gasteiger partial charge on any atom is 0.232 e. The first-order chi connectivity index (χ1) is 14.5. The summed E-state index contributed by atoms with van der Waals surface area (Å²) in [5.74, 6) is 1.96. The molecule has 1 fully saturated rings. The van der Waals surface area contributed by atoms with Crippen LogP contribution in [0.3, 0.4) is 0 Å². The van der Waals surface area contributed by atoms with Gasteiger partial charge < -0.3 is 14.3 Å². The molecule has 1 amide bonds. The van der Waals surface area contributed by atoms with Crippen molar-refractivity contribution in [2.45, 2.75) is 66.3 Å². The molecule has 0 unspecified atom stereocenters. The second-order valence-corrected chi connectivity index (χ2v) is 9.32. The number of benzene rings is 1. The molecule has 1 aliphatic rings. The first-order valence-corrected chi connectivity index (χ1v) is 11.5. The van der Waals surface area contributed by atoms with Crippen LogP contribution in [0.4, 0.5) is 5.88 Å². The van der Waals surface area contributed by atoms with E-state index in [9.17, 15) is 4.79 Å². The second kappa shape index (κ2) is 10.6. The predicted octanol–water partition coefficient (Wildman–Crippen LogP) is 5.75. The Morgan fingerprint density at radius 2 is 1.77 bits per heavy atom. The molecule has 0 atom stereocenters. The van der Waals surface area contributed by atoms with Gasteiger partial charge in [0.05, 0.1) is 12.1 Å². The minimum absolute atomic E-state index is 0.218. The minimum atomic E-state index is 0.218. The highest BCUT2D eigenvalue weighted by molar-refractivity contribution is 5.77. The van der Waals surface area contributed by atoms with Crippen LogP contribution < -0.4 is 4.90 Å². The zero-order chi connectivity index (χ0) is 21.5. The van der Waals surface area contributed by atoms with Gasteiger partial charge in [-0.25, -0.2) is 0 Å². The van der Waals surface area contributed by atoms with Crippen LogP contribution in [-0.2, 0) is 11.3 Å². The highest BCUT2D eigenvalue weighted by Gasteiger charge is 2.27. The van der Waals surface area contributed by atoms with Crippen molar-refractivity contribution in [2.75, 3.05) is 24.5 Å². The van der Waals surface area contributed by atoms with Gasteiger partial charge in [0.1, 0.15) is 5.69 Å². The largest absolute Gasteiger partial charge is 0.340 e. The smallest absolute Gasteiger partial charge is 0.232 e. The highest BCUT2D eigenvalue weighted by Crippen LogP contribution is 2.34. The fourth-order valence-electron chi connectivity index (χ4n) is 3.99. The van der Waals surface area contributed by atoms with E-state index in [0.717, 1.165) is 48.8 Å². The quantitative estimate of drug-likeness (QED) is 0.527. The molecule has 5 nitrogen and oxygen atoms in total. The van der Waals surface area contributed by atoms with Crippen molar-refractivity contribution in [1.82, 2.24) is 10.1 Å². The number of piperidine rings is 1. The zero-order valence-corrected chi connectivity index (χ0v) is 19.1. The average Bonchev–Trinajstić information content (AvgIpc) is 3.15. The van der Waals surface area contributed by atoms with Gasteiger partial charge in [0, 0.05) is 31.6 Å². The van der Waals surface area contributed by atoms with Gasteiger partial charge in [-0.2, -0.15) is 0 Å². The van der Waals surface area contributed by atoms with Crippen LogP contribution in [-0.4, -0.2) is 35.6 Å². The van der Waals surface area contributed by atoms with Crippen molar-refractivity contribution in [3.8, 4) is 11.3 Å². The zero-order valence-electron chi connectivity index (χ0n) is 19.1. The maximum atomic E-state index is 13.1. The minimum Gasteiger partial charge on any atom is -0.340 e. The van der Waals surface area contributed by atoms with Gasteiger partial charge >= 0.3 is 0 Å². The van der Waals surface area contributed by atoms with E-state index in [1.54, 1.807) is 0 Å². The van der Waals surface area contributed by atoms with E-state index in [1.165, 1.54) is 19.3 Å². The molecule has 2 aromatic rings. The molecule has 5 heteroatoms. The molecule has 0 saturated carbocycles. The van der Waals surface area contributed by atoms with Crippen LogP contribution in [0.5, 0.6) is 0 Å². The van der Waals surface area contributed by atoms with Crippen LogP contribution in [0, 0.1) is 11.8 Å². The maximum absolute atomic E-state index is 13.1. The number of rotatable bonds is 9. The van der Waals surface area contributed by atoms with Gasteiger partial charge in [0.2, 0.25) is 11.8 Å². The van der Waals surface area contributed by atoms with E-state index in [2.05, 4.69) is 49.9 Å². The van der Waals surface area contributed by atoms with Crippen LogP contribution in [0.25, 0.3) is 11.3 Å². The van der Waals surface area contributed by atoms with E-state index in [1.807, 2.05) is 23.1 Å². The third-order valence-corrected chi connectivity index (χ3v) is 5.72. The monoisotopic (exact) mass is 411 g/mol. The lowest BCUT2D eigenvalue weighted by Crippen LogP contribution is -2.34. The third-order valence-electron chi connectivity index (χ3n) is 5.72. The van der Waals surface area contributed by atoms with Gasteiger partial charge in [-0.05, 0) is 37.5 Å². The number of hydrogen-bond acceptors (Lipinski definition) is 4. The fraction of sp³-hybridized carbons (Fsp3) is 0.600. The molecule has 0 aliphatic carbocycles. The number of anilines is 1. The van der Waals surface area contributed by atoms with E-state index in [4.69, 9.17) is 4.52 Å². The molecule has 3 rings (SSSR count). The molecule has 30 heavy (non-hydrogen) atoms. The van der Waals surface area contributed by atoms with Crippen molar-refractivity contribution >= 4 is 11.8 Å². The van der Waals surface area contributed by atoms with E-state index < -0.39 is 0 Å². The molecule has 0 spiro atoms. The van der Waals surface area contributed by atoms with Gasteiger partial charge in [0.25, 0.3) is 0 Å². The molecule has 1 aromatic carbocycles. The van der Waals surface area contributed by atoms with E-state index in [-0.39, 0.29) is 5.91 Å². The Hall–Kier alpha value is -2.30. The van der Waals surface area contributed by atoms with Crippen LogP contribution in [0.2, 0.25) is 0 Å². The van der Waals surface area contributed by atoms with Crippen molar-refractivity contribution in [3.63, 3.8) is 0 Å². The van der Waals surface area contributed by atoms with Crippen LogP contribution >= 0.6 is 0 Å². The van der Waals surface area contributed by atoms with Crippen molar-refractivity contribution < 1.29 is 9.32 Å². The molecular formula is C25H37N3O2. The topological polar surface area (TPSA) is 49.6 Å². The number of aromatic nitrogens is 1. The normalized spacial score (nSPS) is 14.5. The number of carbonyl (C=O) groups excluding carboxylic acids is 1. The Morgan fingerprint density at radius 1 is 1.07 bits per heavy atom. The summed E-state index contributed by atoms with van der Waals surface area (Å²) in [4.78, 5) is 17.4. The summed E-state index contributed by atoms with van der Waals surface area (Å²) in [5.41, 5.74) is 2.95. The Bertz CT molecular complexity index is 792. The molecule has 0 bridgehead atoms. The molecule has 164 valence electrons. The molecular weight excluding hydrogens is 374 g/mol. The van der Waals surface area contributed by atoms with Crippen molar-refractivity contribution in [3.05, 3.63) is 35.9 Å². The number of amides is 1. The van der Waals surface area contributed by atoms with Gasteiger partial charge in [-0.1, -0.05) is 63.2 Å². The van der Waals surface area contributed by atoms with Crippen molar-refractivity contribution in [1.29, 1.82) is 0 Å². The molecule has 1 saturated heterocycles. The summed E-state index contributed by atoms with van der Waals surface area (Å²) < 4.78 is 5.91. The van der Waals surface area contributed by atoms with Gasteiger partial charge in [0.15, 0.2) is 0 Å². The lowest BCUT2D eigenvalue weighted by molar-refractivity contribution is -0.132. The fourth-order valence-corrected chi connectivity index (χ4v) is 3.99. The van der Waals surface area contributed by atoms with Gasteiger partial charge in [-0.3, -0.25) is 4.79 Å².